The number of ether oxygens (including phenoxy) is 1. The third-order valence-electron chi connectivity index (χ3n) is 2.50. The van der Waals surface area contributed by atoms with Crippen LogP contribution >= 0.6 is 11.8 Å². The number of nitrogens with zero attached hydrogens (tertiary/aromatic N) is 2. The predicted octanol–water partition coefficient (Wildman–Crippen LogP) is 1.79. The molecule has 0 bridgehead atoms. The lowest BCUT2D eigenvalue weighted by molar-refractivity contribution is 0.0596. The minimum Gasteiger partial charge on any atom is -0.464 e. The van der Waals surface area contributed by atoms with E-state index in [1.807, 2.05) is 11.8 Å². The van der Waals surface area contributed by atoms with E-state index < -0.39 is 5.97 Å². The molecule has 1 heterocycles. The zero-order valence-corrected chi connectivity index (χ0v) is 11.1. The van der Waals surface area contributed by atoms with Gasteiger partial charge in [0.25, 0.3) is 0 Å². The number of nitrogens with two attached hydrogens (primary N) is 1. The lowest BCUT2D eigenvalue weighted by Crippen LogP contribution is -2.08. The van der Waals surface area contributed by atoms with E-state index in [9.17, 15) is 4.79 Å². The van der Waals surface area contributed by atoms with Gasteiger partial charge < -0.3 is 15.0 Å². The fourth-order valence-corrected chi connectivity index (χ4v) is 2.02. The van der Waals surface area contributed by atoms with Gasteiger partial charge in [0.1, 0.15) is 5.82 Å². The molecule has 0 aliphatic heterocycles. The van der Waals surface area contributed by atoms with Gasteiger partial charge in [-0.25, -0.2) is 9.78 Å². The summed E-state index contributed by atoms with van der Waals surface area (Å²) in [6.07, 6.45) is 7.11. The van der Waals surface area contributed by atoms with Crippen molar-refractivity contribution in [1.29, 1.82) is 0 Å². The topological polar surface area (TPSA) is 70.1 Å². The molecule has 0 atom stereocenters. The number of nitrogen functional groups attached to an aromatic ring is 1. The minimum absolute atomic E-state index is 0.205. The van der Waals surface area contributed by atoms with Crippen LogP contribution in [0.15, 0.2) is 6.33 Å². The van der Waals surface area contributed by atoms with Gasteiger partial charge in [0, 0.05) is 6.54 Å². The molecule has 0 saturated heterocycles. The number of hydrogen-bond acceptors (Lipinski definition) is 5. The Morgan fingerprint density at radius 1 is 1.53 bits per heavy atom. The van der Waals surface area contributed by atoms with E-state index in [2.05, 4.69) is 16.0 Å². The Labute approximate surface area is 106 Å². The largest absolute Gasteiger partial charge is 0.464 e. The Morgan fingerprint density at radius 2 is 2.29 bits per heavy atom. The molecule has 0 unspecified atom stereocenters. The molecular weight excluding hydrogens is 238 g/mol. The number of anilines is 1. The summed E-state index contributed by atoms with van der Waals surface area (Å²) < 4.78 is 6.39. The fourth-order valence-electron chi connectivity index (χ4n) is 1.53. The molecule has 0 amide bonds. The Balaban J connectivity index is 2.44. The van der Waals surface area contributed by atoms with Crippen molar-refractivity contribution in [2.75, 3.05) is 24.9 Å². The summed E-state index contributed by atoms with van der Waals surface area (Å²) >= 11 is 1.86. The lowest BCUT2D eigenvalue weighted by Gasteiger charge is -2.05. The van der Waals surface area contributed by atoms with Gasteiger partial charge in [-0.2, -0.15) is 11.8 Å². The highest BCUT2D eigenvalue weighted by Gasteiger charge is 2.15. The number of aryl methyl sites for hydroxylation is 1. The van der Waals surface area contributed by atoms with Crippen LogP contribution in [0.3, 0.4) is 0 Å². The predicted molar refractivity (Wildman–Crippen MR) is 70.2 cm³/mol. The highest BCUT2D eigenvalue weighted by atomic mass is 32.2. The summed E-state index contributed by atoms with van der Waals surface area (Å²) in [5, 5.41) is 0. The molecule has 5 nitrogen and oxygen atoms in total. The molecule has 0 fully saturated rings. The van der Waals surface area contributed by atoms with Crippen LogP contribution in [0.1, 0.15) is 29.8 Å². The second-order valence-electron chi connectivity index (χ2n) is 3.72. The van der Waals surface area contributed by atoms with E-state index in [0.717, 1.165) is 19.4 Å². The monoisotopic (exact) mass is 257 g/mol. The number of aromatic nitrogens is 2. The van der Waals surface area contributed by atoms with Crippen molar-refractivity contribution in [3.8, 4) is 0 Å². The second kappa shape index (κ2) is 7.21. The molecule has 0 aliphatic rings. The fraction of sp³-hybridized carbons (Fsp3) is 0.636. The Morgan fingerprint density at radius 3 is 2.94 bits per heavy atom. The highest BCUT2D eigenvalue weighted by molar-refractivity contribution is 7.98. The maximum Gasteiger partial charge on any atom is 0.360 e. The van der Waals surface area contributed by atoms with Gasteiger partial charge in [-0.05, 0) is 24.9 Å². The van der Waals surface area contributed by atoms with Crippen LogP contribution in [0, 0.1) is 0 Å². The first kappa shape index (κ1) is 13.9. The van der Waals surface area contributed by atoms with E-state index in [1.165, 1.54) is 19.3 Å². The maximum atomic E-state index is 11.3. The van der Waals surface area contributed by atoms with Crippen LogP contribution in [0.2, 0.25) is 0 Å². The van der Waals surface area contributed by atoms with E-state index in [1.54, 1.807) is 10.9 Å². The number of hydrogen-bond donors (Lipinski definition) is 1. The number of unbranched alkanes of at least 4 members (excludes halogenated alkanes) is 2. The number of thioether (sulfide) groups is 1. The van der Waals surface area contributed by atoms with Crippen molar-refractivity contribution in [2.24, 2.45) is 0 Å². The van der Waals surface area contributed by atoms with E-state index in [-0.39, 0.29) is 5.69 Å². The average molecular weight is 257 g/mol. The Kier molecular flexibility index (Phi) is 5.90. The third kappa shape index (κ3) is 3.96. The molecule has 96 valence electrons. The van der Waals surface area contributed by atoms with Gasteiger partial charge in [-0.1, -0.05) is 6.42 Å². The normalized spacial score (nSPS) is 10.5. The molecule has 0 spiro atoms. The van der Waals surface area contributed by atoms with Gasteiger partial charge >= 0.3 is 5.97 Å². The number of esters is 1. The standard InChI is InChI=1S/C11H19N3O2S/c1-16-11(15)9-10(12)14(8-13-9)6-4-3-5-7-17-2/h8H,3-7,12H2,1-2H3. The van der Waals surface area contributed by atoms with E-state index >= 15 is 0 Å². The molecule has 1 aromatic rings. The molecule has 0 aromatic carbocycles. The van der Waals surface area contributed by atoms with Crippen LogP contribution in [-0.4, -0.2) is 34.6 Å². The third-order valence-corrected chi connectivity index (χ3v) is 3.20. The van der Waals surface area contributed by atoms with E-state index in [4.69, 9.17) is 5.73 Å². The zero-order chi connectivity index (χ0) is 12.7. The Bertz CT molecular complexity index is 366. The minimum atomic E-state index is -0.483. The molecule has 1 rings (SSSR count). The first-order chi connectivity index (χ1) is 8.20. The summed E-state index contributed by atoms with van der Waals surface area (Å²) in [5.41, 5.74) is 6.02. The van der Waals surface area contributed by atoms with Crippen molar-refractivity contribution in [3.05, 3.63) is 12.0 Å². The first-order valence-electron chi connectivity index (χ1n) is 5.58. The van der Waals surface area contributed by atoms with Crippen molar-refractivity contribution in [3.63, 3.8) is 0 Å². The first-order valence-corrected chi connectivity index (χ1v) is 6.98. The molecule has 0 saturated carbocycles. The molecule has 0 aliphatic carbocycles. The summed E-state index contributed by atoms with van der Waals surface area (Å²) in [6.45, 7) is 0.796. The van der Waals surface area contributed by atoms with Crippen LogP contribution < -0.4 is 5.73 Å². The van der Waals surface area contributed by atoms with Crippen molar-refractivity contribution < 1.29 is 9.53 Å². The average Bonchev–Trinajstić information content (AvgIpc) is 2.70. The van der Waals surface area contributed by atoms with Gasteiger partial charge in [-0.3, -0.25) is 0 Å². The molecule has 0 radical (unpaired) electrons. The van der Waals surface area contributed by atoms with Crippen molar-refractivity contribution in [2.45, 2.75) is 25.8 Å². The molecule has 6 heteroatoms. The zero-order valence-electron chi connectivity index (χ0n) is 10.3. The Hall–Kier alpha value is -1.17. The number of methoxy groups -OCH3 is 1. The summed E-state index contributed by atoms with van der Waals surface area (Å²) in [4.78, 5) is 15.2. The summed E-state index contributed by atoms with van der Waals surface area (Å²) in [6, 6.07) is 0. The van der Waals surface area contributed by atoms with E-state index in [0.29, 0.717) is 5.82 Å². The quantitative estimate of drug-likeness (QED) is 0.595. The molecule has 17 heavy (non-hydrogen) atoms. The molecule has 2 N–H and O–H groups in total. The number of rotatable bonds is 7. The van der Waals surface area contributed by atoms with Crippen LogP contribution in [0.25, 0.3) is 0 Å². The van der Waals surface area contributed by atoms with Gasteiger partial charge in [0.2, 0.25) is 0 Å². The highest BCUT2D eigenvalue weighted by Crippen LogP contribution is 2.13. The van der Waals surface area contributed by atoms with Crippen LogP contribution in [0.5, 0.6) is 0 Å². The molecular formula is C11H19N3O2S. The van der Waals surface area contributed by atoms with Gasteiger partial charge in [0.15, 0.2) is 5.69 Å². The lowest BCUT2D eigenvalue weighted by atomic mass is 10.2. The van der Waals surface area contributed by atoms with Crippen molar-refractivity contribution in [1.82, 2.24) is 9.55 Å². The number of carbonyl (C=O) groups is 1. The van der Waals surface area contributed by atoms with Gasteiger partial charge in [0.05, 0.1) is 13.4 Å². The smallest absolute Gasteiger partial charge is 0.360 e. The van der Waals surface area contributed by atoms with Crippen molar-refractivity contribution >= 4 is 23.5 Å². The number of imidazole rings is 1. The number of carbonyl (C=O) groups excluding carboxylic acids is 1. The second-order valence-corrected chi connectivity index (χ2v) is 4.70. The molecule has 1 aromatic heterocycles. The summed E-state index contributed by atoms with van der Waals surface area (Å²) in [7, 11) is 1.32. The summed E-state index contributed by atoms with van der Waals surface area (Å²) in [5.74, 6) is 1.10. The maximum absolute atomic E-state index is 11.3. The van der Waals surface area contributed by atoms with Gasteiger partial charge in [-0.15, -0.1) is 0 Å². The van der Waals surface area contributed by atoms with Crippen LogP contribution in [-0.2, 0) is 11.3 Å². The van der Waals surface area contributed by atoms with Crippen LogP contribution in [0.4, 0.5) is 5.82 Å². The SMILES string of the molecule is COC(=O)c1ncn(CCCCCSC)c1N.